The third-order valence-electron chi connectivity index (χ3n) is 2.31. The van der Waals surface area contributed by atoms with E-state index >= 15 is 0 Å². The summed E-state index contributed by atoms with van der Waals surface area (Å²) in [5, 5.41) is 2.15. The fourth-order valence-corrected chi connectivity index (χ4v) is 3.72. The number of hydrogen-bond donors (Lipinski definition) is 1. The fourth-order valence-electron chi connectivity index (χ4n) is 1.48. The molecule has 0 aliphatic heterocycles. The Morgan fingerprint density at radius 3 is 2.89 bits per heavy atom. The van der Waals surface area contributed by atoms with E-state index in [0.717, 1.165) is 25.9 Å². The largest absolute Gasteiger partial charge is 0.494 e. The third kappa shape index (κ3) is 3.67. The number of thiophene rings is 1. The van der Waals surface area contributed by atoms with Crippen LogP contribution in [0.5, 0.6) is 5.75 Å². The average Bonchev–Trinajstić information content (AvgIpc) is 2.76. The molecular formula is C13H14BrNOS2. The molecule has 96 valence electrons. The molecule has 0 saturated heterocycles. The smallest absolute Gasteiger partial charge is 0.120 e. The Balaban J connectivity index is 2.05. The van der Waals surface area contributed by atoms with Crippen molar-refractivity contribution in [3.8, 4) is 5.75 Å². The quantitative estimate of drug-likeness (QED) is 0.626. The van der Waals surface area contributed by atoms with E-state index in [1.165, 1.54) is 5.56 Å². The molecule has 0 aliphatic rings. The lowest BCUT2D eigenvalue weighted by Gasteiger charge is -2.08. The van der Waals surface area contributed by atoms with E-state index in [0.29, 0.717) is 6.61 Å². The van der Waals surface area contributed by atoms with Crippen molar-refractivity contribution in [3.63, 3.8) is 0 Å². The fraction of sp³-hybridized carbons (Fsp3) is 0.231. The molecule has 0 spiro atoms. The number of halogens is 1. The summed E-state index contributed by atoms with van der Waals surface area (Å²) in [6.07, 6.45) is 0. The lowest BCUT2D eigenvalue weighted by atomic mass is 10.3. The minimum absolute atomic E-state index is 0.672. The highest BCUT2D eigenvalue weighted by Gasteiger charge is 2.04. The molecule has 0 amide bonds. The molecule has 0 fully saturated rings. The van der Waals surface area contributed by atoms with E-state index in [1.807, 2.05) is 25.1 Å². The van der Waals surface area contributed by atoms with Crippen molar-refractivity contribution in [2.75, 3.05) is 12.3 Å². The molecule has 0 saturated carbocycles. The van der Waals surface area contributed by atoms with Crippen LogP contribution in [0, 0.1) is 0 Å². The molecule has 0 aliphatic carbocycles. The van der Waals surface area contributed by atoms with Gasteiger partial charge in [-0.2, -0.15) is 0 Å². The lowest BCUT2D eigenvalue weighted by Crippen LogP contribution is -1.94. The highest BCUT2D eigenvalue weighted by molar-refractivity contribution is 9.11. The zero-order chi connectivity index (χ0) is 13.0. The van der Waals surface area contributed by atoms with Gasteiger partial charge in [0.05, 0.1) is 10.4 Å². The van der Waals surface area contributed by atoms with E-state index in [1.54, 1.807) is 23.1 Å². The van der Waals surface area contributed by atoms with E-state index < -0.39 is 0 Å². The Hall–Kier alpha value is -0.650. The molecule has 0 atom stereocenters. The summed E-state index contributed by atoms with van der Waals surface area (Å²) in [5.41, 5.74) is 8.08. The maximum absolute atomic E-state index is 5.97. The molecule has 2 aromatic rings. The van der Waals surface area contributed by atoms with Gasteiger partial charge in [-0.1, -0.05) is 0 Å². The maximum atomic E-state index is 5.97. The standard InChI is InChI=1S/C13H14BrNOS2/c1-2-16-10-3-4-11(15)12(6-10)17-7-9-5-13(14)18-8-9/h3-6,8H,2,7,15H2,1H3. The van der Waals surface area contributed by atoms with Crippen LogP contribution in [0.1, 0.15) is 12.5 Å². The summed E-state index contributed by atoms with van der Waals surface area (Å²) in [6.45, 7) is 2.65. The first-order chi connectivity index (χ1) is 8.69. The number of rotatable bonds is 5. The number of hydrogen-bond acceptors (Lipinski definition) is 4. The van der Waals surface area contributed by atoms with Gasteiger partial charge < -0.3 is 10.5 Å². The predicted molar refractivity (Wildman–Crippen MR) is 83.6 cm³/mol. The minimum Gasteiger partial charge on any atom is -0.494 e. The van der Waals surface area contributed by atoms with Crippen LogP contribution in [0.25, 0.3) is 0 Å². The number of ether oxygens (including phenoxy) is 1. The first-order valence-electron chi connectivity index (χ1n) is 5.57. The molecule has 2 rings (SSSR count). The molecule has 1 aromatic carbocycles. The summed E-state index contributed by atoms with van der Waals surface area (Å²) in [7, 11) is 0. The highest BCUT2D eigenvalue weighted by atomic mass is 79.9. The Morgan fingerprint density at radius 1 is 1.39 bits per heavy atom. The van der Waals surface area contributed by atoms with Crippen LogP contribution < -0.4 is 10.5 Å². The molecule has 0 bridgehead atoms. The van der Waals surface area contributed by atoms with Gasteiger partial charge in [-0.3, -0.25) is 0 Å². The van der Waals surface area contributed by atoms with Gasteiger partial charge in [0, 0.05) is 16.3 Å². The number of nitrogen functional groups attached to an aromatic ring is 1. The van der Waals surface area contributed by atoms with Gasteiger partial charge in [0.2, 0.25) is 0 Å². The highest BCUT2D eigenvalue weighted by Crippen LogP contribution is 2.33. The SMILES string of the molecule is CCOc1ccc(N)c(SCc2csc(Br)c2)c1. The predicted octanol–water partition coefficient (Wildman–Crippen LogP) is 4.78. The zero-order valence-electron chi connectivity index (χ0n) is 9.98. The van der Waals surface area contributed by atoms with Gasteiger partial charge in [0.1, 0.15) is 5.75 Å². The van der Waals surface area contributed by atoms with Gasteiger partial charge in [-0.25, -0.2) is 0 Å². The van der Waals surface area contributed by atoms with Crippen LogP contribution in [0.2, 0.25) is 0 Å². The summed E-state index contributed by atoms with van der Waals surface area (Å²) >= 11 is 6.91. The molecule has 18 heavy (non-hydrogen) atoms. The normalized spacial score (nSPS) is 10.6. The Kier molecular flexibility index (Phi) is 4.97. The Bertz CT molecular complexity index is 527. The van der Waals surface area contributed by atoms with Crippen LogP contribution >= 0.6 is 39.0 Å². The van der Waals surface area contributed by atoms with E-state index in [4.69, 9.17) is 10.5 Å². The topological polar surface area (TPSA) is 35.2 Å². The molecule has 1 heterocycles. The minimum atomic E-state index is 0.672. The van der Waals surface area contributed by atoms with Gasteiger partial charge in [0.15, 0.2) is 0 Å². The second kappa shape index (κ2) is 6.50. The van der Waals surface area contributed by atoms with Crippen LogP contribution in [0.3, 0.4) is 0 Å². The van der Waals surface area contributed by atoms with Crippen molar-refractivity contribution in [2.24, 2.45) is 0 Å². The van der Waals surface area contributed by atoms with Gasteiger partial charge in [0.25, 0.3) is 0 Å². The van der Waals surface area contributed by atoms with Crippen LogP contribution in [0.15, 0.2) is 38.3 Å². The van der Waals surface area contributed by atoms with Crippen molar-refractivity contribution in [1.29, 1.82) is 0 Å². The summed E-state index contributed by atoms with van der Waals surface area (Å²) < 4.78 is 6.64. The van der Waals surface area contributed by atoms with Gasteiger partial charge in [-0.15, -0.1) is 23.1 Å². The van der Waals surface area contributed by atoms with Crippen molar-refractivity contribution >= 4 is 44.7 Å². The molecular weight excluding hydrogens is 330 g/mol. The number of nitrogens with two attached hydrogens (primary N) is 1. The summed E-state index contributed by atoms with van der Waals surface area (Å²) in [6, 6.07) is 7.95. The van der Waals surface area contributed by atoms with E-state index in [2.05, 4.69) is 27.4 Å². The molecule has 1 aromatic heterocycles. The molecule has 2 N–H and O–H groups in total. The third-order valence-corrected chi connectivity index (χ3v) is 5.01. The van der Waals surface area contributed by atoms with Crippen molar-refractivity contribution in [3.05, 3.63) is 39.0 Å². The number of benzene rings is 1. The average molecular weight is 344 g/mol. The van der Waals surface area contributed by atoms with Crippen molar-refractivity contribution in [1.82, 2.24) is 0 Å². The number of anilines is 1. The molecule has 0 unspecified atom stereocenters. The maximum Gasteiger partial charge on any atom is 0.120 e. The van der Waals surface area contributed by atoms with Crippen LogP contribution in [-0.2, 0) is 5.75 Å². The van der Waals surface area contributed by atoms with Gasteiger partial charge in [-0.05, 0) is 58.1 Å². The first-order valence-corrected chi connectivity index (χ1v) is 8.23. The van der Waals surface area contributed by atoms with E-state index in [9.17, 15) is 0 Å². The van der Waals surface area contributed by atoms with Crippen molar-refractivity contribution < 1.29 is 4.74 Å². The monoisotopic (exact) mass is 343 g/mol. The Labute approximate surface area is 124 Å². The molecule has 0 radical (unpaired) electrons. The van der Waals surface area contributed by atoms with Crippen LogP contribution in [0.4, 0.5) is 5.69 Å². The Morgan fingerprint density at radius 2 is 2.22 bits per heavy atom. The summed E-state index contributed by atoms with van der Waals surface area (Å²) in [5.74, 6) is 1.79. The number of thioether (sulfide) groups is 1. The lowest BCUT2D eigenvalue weighted by molar-refractivity contribution is 0.339. The van der Waals surface area contributed by atoms with Crippen LogP contribution in [-0.4, -0.2) is 6.61 Å². The second-order valence-corrected chi connectivity index (χ2v) is 6.99. The molecule has 5 heteroatoms. The van der Waals surface area contributed by atoms with Gasteiger partial charge >= 0.3 is 0 Å². The molecule has 2 nitrogen and oxygen atoms in total. The zero-order valence-corrected chi connectivity index (χ0v) is 13.2. The summed E-state index contributed by atoms with van der Waals surface area (Å²) in [4.78, 5) is 1.07. The van der Waals surface area contributed by atoms with Crippen molar-refractivity contribution in [2.45, 2.75) is 17.6 Å². The van der Waals surface area contributed by atoms with E-state index in [-0.39, 0.29) is 0 Å². The second-order valence-electron chi connectivity index (χ2n) is 3.68. The first kappa shape index (κ1) is 13.8.